The van der Waals surface area contributed by atoms with Crippen molar-refractivity contribution in [3.8, 4) is 0 Å². The third-order valence-electron chi connectivity index (χ3n) is 2.97. The second-order valence-electron chi connectivity index (χ2n) is 4.83. The molecular formula is C12H24N2O2. The first-order valence-corrected chi connectivity index (χ1v) is 6.18. The zero-order valence-electron chi connectivity index (χ0n) is 10.4. The van der Waals surface area contributed by atoms with Crippen molar-refractivity contribution in [3.05, 3.63) is 0 Å². The van der Waals surface area contributed by atoms with Gasteiger partial charge >= 0.3 is 0 Å². The van der Waals surface area contributed by atoms with Crippen molar-refractivity contribution < 1.29 is 9.53 Å². The number of hydrogen-bond acceptors (Lipinski definition) is 3. The van der Waals surface area contributed by atoms with Crippen LogP contribution in [0, 0.1) is 5.92 Å². The molecule has 4 nitrogen and oxygen atoms in total. The molecule has 2 unspecified atom stereocenters. The number of hydrogen-bond donors (Lipinski definition) is 2. The van der Waals surface area contributed by atoms with Gasteiger partial charge < -0.3 is 15.8 Å². The molecule has 0 aromatic carbocycles. The van der Waals surface area contributed by atoms with Gasteiger partial charge in [0.2, 0.25) is 5.91 Å². The topological polar surface area (TPSA) is 64.3 Å². The van der Waals surface area contributed by atoms with Gasteiger partial charge in [0, 0.05) is 19.8 Å². The first-order valence-electron chi connectivity index (χ1n) is 6.18. The third-order valence-corrected chi connectivity index (χ3v) is 2.97. The summed E-state index contributed by atoms with van der Waals surface area (Å²) in [6.07, 6.45) is 5.26. The van der Waals surface area contributed by atoms with Crippen LogP contribution in [-0.2, 0) is 9.53 Å². The fraction of sp³-hybridized carbons (Fsp3) is 0.917. The molecule has 2 atom stereocenters. The molecule has 0 bridgehead atoms. The molecule has 16 heavy (non-hydrogen) atoms. The van der Waals surface area contributed by atoms with Crippen molar-refractivity contribution in [1.82, 2.24) is 5.32 Å². The molecule has 1 amide bonds. The fourth-order valence-corrected chi connectivity index (χ4v) is 1.84. The Morgan fingerprint density at radius 2 is 2.25 bits per heavy atom. The van der Waals surface area contributed by atoms with E-state index in [0.717, 1.165) is 18.8 Å². The number of ether oxygens (including phenoxy) is 1. The lowest BCUT2D eigenvalue weighted by Crippen LogP contribution is -2.44. The number of carbonyl (C=O) groups excluding carboxylic acids is 1. The van der Waals surface area contributed by atoms with Crippen LogP contribution >= 0.6 is 0 Å². The normalized spacial score (nSPS) is 19.2. The minimum atomic E-state index is -0.392. The lowest BCUT2D eigenvalue weighted by Gasteiger charge is -2.17. The summed E-state index contributed by atoms with van der Waals surface area (Å²) in [6.45, 7) is 2.72. The Hall–Kier alpha value is -0.610. The molecule has 1 rings (SSSR count). The van der Waals surface area contributed by atoms with Crippen molar-refractivity contribution in [3.63, 3.8) is 0 Å². The summed E-state index contributed by atoms with van der Waals surface area (Å²) >= 11 is 0. The highest BCUT2D eigenvalue weighted by Gasteiger charge is 2.25. The summed E-state index contributed by atoms with van der Waals surface area (Å²) in [5, 5.41) is 2.97. The van der Waals surface area contributed by atoms with E-state index in [9.17, 15) is 4.79 Å². The zero-order valence-corrected chi connectivity index (χ0v) is 10.4. The quantitative estimate of drug-likeness (QED) is 0.610. The minimum absolute atomic E-state index is 0.0238. The molecule has 0 aromatic heterocycles. The summed E-state index contributed by atoms with van der Waals surface area (Å²) < 4.78 is 4.93. The standard InChI is InChI=1S/C12H24N2O2/c1-9(8-10-5-6-10)14-12(15)11(13)4-3-7-16-2/h9-11H,3-8,13H2,1-2H3,(H,14,15). The molecule has 0 aliphatic heterocycles. The van der Waals surface area contributed by atoms with Gasteiger partial charge in [0.25, 0.3) is 0 Å². The van der Waals surface area contributed by atoms with Gasteiger partial charge in [-0.15, -0.1) is 0 Å². The Morgan fingerprint density at radius 1 is 1.56 bits per heavy atom. The smallest absolute Gasteiger partial charge is 0.237 e. The first kappa shape index (κ1) is 13.5. The van der Waals surface area contributed by atoms with Crippen LogP contribution in [-0.4, -0.2) is 31.7 Å². The Balaban J connectivity index is 2.11. The number of nitrogens with one attached hydrogen (secondary N) is 1. The van der Waals surface area contributed by atoms with Crippen molar-refractivity contribution in [1.29, 1.82) is 0 Å². The Kier molecular flexibility index (Phi) is 5.77. The number of nitrogens with two attached hydrogens (primary N) is 1. The molecule has 4 heteroatoms. The van der Waals surface area contributed by atoms with Crippen molar-refractivity contribution in [2.75, 3.05) is 13.7 Å². The molecule has 1 fully saturated rings. The van der Waals surface area contributed by atoms with Gasteiger partial charge in [0.1, 0.15) is 0 Å². The summed E-state index contributed by atoms with van der Waals surface area (Å²) in [6, 6.07) is -0.134. The summed E-state index contributed by atoms with van der Waals surface area (Å²) in [4.78, 5) is 11.7. The zero-order chi connectivity index (χ0) is 12.0. The monoisotopic (exact) mass is 228 g/mol. The molecule has 0 aromatic rings. The van der Waals surface area contributed by atoms with Crippen LogP contribution in [0.1, 0.15) is 39.0 Å². The summed E-state index contributed by atoms with van der Waals surface area (Å²) in [7, 11) is 1.66. The van der Waals surface area contributed by atoms with Crippen molar-refractivity contribution >= 4 is 5.91 Å². The average molecular weight is 228 g/mol. The van der Waals surface area contributed by atoms with Gasteiger partial charge in [0.15, 0.2) is 0 Å². The maximum atomic E-state index is 11.7. The van der Waals surface area contributed by atoms with E-state index in [2.05, 4.69) is 12.2 Å². The van der Waals surface area contributed by atoms with E-state index in [4.69, 9.17) is 10.5 Å². The van der Waals surface area contributed by atoms with Crippen LogP contribution < -0.4 is 11.1 Å². The number of carbonyl (C=O) groups is 1. The molecular weight excluding hydrogens is 204 g/mol. The summed E-state index contributed by atoms with van der Waals surface area (Å²) in [5.74, 6) is 0.810. The van der Waals surface area contributed by atoms with Crippen LogP contribution in [0.4, 0.5) is 0 Å². The lowest BCUT2D eigenvalue weighted by molar-refractivity contribution is -0.123. The fourth-order valence-electron chi connectivity index (χ4n) is 1.84. The first-order chi connectivity index (χ1) is 7.63. The van der Waals surface area contributed by atoms with E-state index < -0.39 is 6.04 Å². The second kappa shape index (κ2) is 6.86. The van der Waals surface area contributed by atoms with Crippen LogP contribution in [0.15, 0.2) is 0 Å². The lowest BCUT2D eigenvalue weighted by atomic mass is 10.1. The number of rotatable bonds is 8. The SMILES string of the molecule is COCCCC(N)C(=O)NC(C)CC1CC1. The molecule has 0 saturated heterocycles. The molecule has 0 radical (unpaired) electrons. The second-order valence-corrected chi connectivity index (χ2v) is 4.83. The van der Waals surface area contributed by atoms with Crippen LogP contribution in [0.5, 0.6) is 0 Å². The molecule has 94 valence electrons. The molecule has 0 heterocycles. The number of methoxy groups -OCH3 is 1. The van der Waals surface area contributed by atoms with Crippen molar-refractivity contribution in [2.24, 2.45) is 11.7 Å². The largest absolute Gasteiger partial charge is 0.385 e. The maximum Gasteiger partial charge on any atom is 0.237 e. The van der Waals surface area contributed by atoms with Gasteiger partial charge in [-0.05, 0) is 32.1 Å². The minimum Gasteiger partial charge on any atom is -0.385 e. The molecule has 0 spiro atoms. The predicted molar refractivity (Wildman–Crippen MR) is 64.0 cm³/mol. The molecule has 1 aliphatic rings. The van der Waals surface area contributed by atoms with Crippen LogP contribution in [0.3, 0.4) is 0 Å². The van der Waals surface area contributed by atoms with E-state index in [1.807, 2.05) is 0 Å². The molecule has 3 N–H and O–H groups in total. The molecule has 1 aliphatic carbocycles. The van der Waals surface area contributed by atoms with E-state index in [-0.39, 0.29) is 11.9 Å². The summed E-state index contributed by atoms with van der Waals surface area (Å²) in [5.41, 5.74) is 5.79. The Labute approximate surface area is 97.9 Å². The van der Waals surface area contributed by atoms with E-state index in [1.165, 1.54) is 12.8 Å². The van der Waals surface area contributed by atoms with Crippen LogP contribution in [0.2, 0.25) is 0 Å². The van der Waals surface area contributed by atoms with Gasteiger partial charge in [-0.3, -0.25) is 4.79 Å². The molecule has 1 saturated carbocycles. The van der Waals surface area contributed by atoms with Gasteiger partial charge in [-0.25, -0.2) is 0 Å². The van der Waals surface area contributed by atoms with E-state index in [0.29, 0.717) is 13.0 Å². The van der Waals surface area contributed by atoms with Gasteiger partial charge in [-0.2, -0.15) is 0 Å². The predicted octanol–water partition coefficient (Wildman–Crippen LogP) is 1.05. The number of amides is 1. The average Bonchev–Trinajstić information content (AvgIpc) is 3.01. The maximum absolute atomic E-state index is 11.7. The Morgan fingerprint density at radius 3 is 2.81 bits per heavy atom. The highest BCUT2D eigenvalue weighted by atomic mass is 16.5. The van der Waals surface area contributed by atoms with Gasteiger partial charge in [0.05, 0.1) is 6.04 Å². The third kappa shape index (κ3) is 5.47. The van der Waals surface area contributed by atoms with Gasteiger partial charge in [-0.1, -0.05) is 12.8 Å². The van der Waals surface area contributed by atoms with E-state index >= 15 is 0 Å². The highest BCUT2D eigenvalue weighted by molar-refractivity contribution is 5.81. The Bertz CT molecular complexity index is 217. The van der Waals surface area contributed by atoms with Crippen molar-refractivity contribution in [2.45, 2.75) is 51.1 Å². The van der Waals surface area contributed by atoms with Crippen LogP contribution in [0.25, 0.3) is 0 Å². The van der Waals surface area contributed by atoms with E-state index in [1.54, 1.807) is 7.11 Å². The highest BCUT2D eigenvalue weighted by Crippen LogP contribution is 2.33.